The van der Waals surface area contributed by atoms with Gasteiger partial charge in [-0.2, -0.15) is 5.10 Å². The minimum absolute atomic E-state index is 0.0432. The molecule has 10 nitrogen and oxygen atoms in total. The number of ether oxygens (including phenoxy) is 4. The molecule has 0 saturated carbocycles. The number of nitrogens with one attached hydrogen (secondary N) is 1. The first-order valence-electron chi connectivity index (χ1n) is 12.4. The number of aromatic nitrogens is 3. The van der Waals surface area contributed by atoms with E-state index >= 15 is 0 Å². The number of Topliss-reactive ketones (excluding diaryl/α,β-unsaturated/α-hetero) is 1. The fourth-order valence-corrected chi connectivity index (χ4v) is 5.61. The summed E-state index contributed by atoms with van der Waals surface area (Å²) in [4.78, 5) is 30.2. The molecule has 0 spiro atoms. The number of nitrogens with zero attached hydrogens (tertiary/aromatic N) is 3. The molecule has 37 heavy (non-hydrogen) atoms. The normalized spacial score (nSPS) is 23.5. The monoisotopic (exact) mass is 534 g/mol. The molecule has 3 unspecified atom stereocenters. The van der Waals surface area contributed by atoms with Gasteiger partial charge in [-0.3, -0.25) is 14.9 Å². The number of pyridine rings is 1. The Morgan fingerprint density at radius 2 is 2.08 bits per heavy atom. The second-order valence-electron chi connectivity index (χ2n) is 10.9. The van der Waals surface area contributed by atoms with Crippen molar-refractivity contribution in [2.75, 3.05) is 34.0 Å². The number of hydrogen-bond acceptors (Lipinski definition) is 9. The third kappa shape index (κ3) is 6.08. The van der Waals surface area contributed by atoms with Gasteiger partial charge < -0.3 is 18.9 Å². The lowest BCUT2D eigenvalue weighted by molar-refractivity contribution is -0.149. The van der Waals surface area contributed by atoms with Crippen LogP contribution in [0.3, 0.4) is 0 Å². The van der Waals surface area contributed by atoms with Crippen LogP contribution >= 0.6 is 0 Å². The van der Waals surface area contributed by atoms with Crippen LogP contribution in [0.4, 0.5) is 4.39 Å². The molecule has 3 atom stereocenters. The molecule has 4 rings (SSSR count). The summed E-state index contributed by atoms with van der Waals surface area (Å²) >= 11 is 0. The summed E-state index contributed by atoms with van der Waals surface area (Å²) < 4.78 is 38.2. The Balaban J connectivity index is 1.68. The summed E-state index contributed by atoms with van der Waals surface area (Å²) in [5, 5.41) is 7.92. The van der Waals surface area contributed by atoms with Crippen molar-refractivity contribution in [1.82, 2.24) is 20.1 Å². The molecule has 2 bridgehead atoms. The van der Waals surface area contributed by atoms with Gasteiger partial charge in [-0.25, -0.2) is 14.1 Å². The number of fused-ring (bicyclic) bond motifs is 2. The third-order valence-electron chi connectivity index (χ3n) is 6.82. The number of carbonyl (C=O) groups excluding carboxylic acids is 2. The molecule has 0 aliphatic carbocycles. The van der Waals surface area contributed by atoms with Crippen molar-refractivity contribution >= 4 is 19.8 Å². The van der Waals surface area contributed by atoms with Crippen LogP contribution in [0.25, 0.3) is 11.3 Å². The van der Waals surface area contributed by atoms with Crippen LogP contribution in [0, 0.1) is 11.7 Å². The number of piperidine rings is 1. The molecule has 2 saturated heterocycles. The van der Waals surface area contributed by atoms with E-state index in [1.807, 2.05) is 0 Å². The summed E-state index contributed by atoms with van der Waals surface area (Å²) in [6.07, 6.45) is 1.82. The average molecular weight is 535 g/mol. The highest BCUT2D eigenvalue weighted by atomic mass is 28.3. The van der Waals surface area contributed by atoms with Crippen LogP contribution < -0.4 is 10.1 Å². The molecule has 2 fully saturated rings. The van der Waals surface area contributed by atoms with E-state index in [9.17, 15) is 14.0 Å². The number of esters is 1. The van der Waals surface area contributed by atoms with Crippen molar-refractivity contribution < 1.29 is 32.9 Å². The molecule has 0 radical (unpaired) electrons. The lowest BCUT2D eigenvalue weighted by atomic mass is 9.75. The predicted molar refractivity (Wildman–Crippen MR) is 136 cm³/mol. The third-order valence-corrected chi connectivity index (χ3v) is 8.52. The summed E-state index contributed by atoms with van der Waals surface area (Å²) in [7, 11) is 1.47. The van der Waals surface area contributed by atoms with Crippen molar-refractivity contribution in [3.8, 4) is 17.1 Å². The second kappa shape index (κ2) is 11.0. The lowest BCUT2D eigenvalue weighted by Gasteiger charge is -2.46. The number of halogens is 1. The Morgan fingerprint density at radius 1 is 1.30 bits per heavy atom. The molecule has 0 aromatic carbocycles. The quantitative estimate of drug-likeness (QED) is 0.213. The smallest absolute Gasteiger partial charge is 0.308 e. The fourth-order valence-electron chi connectivity index (χ4n) is 4.86. The van der Waals surface area contributed by atoms with Crippen LogP contribution in [0.1, 0.15) is 23.3 Å². The predicted octanol–water partition coefficient (Wildman–Crippen LogP) is 2.90. The Hall–Kier alpha value is -2.67. The van der Waals surface area contributed by atoms with Crippen LogP contribution in [-0.2, 0) is 25.7 Å². The van der Waals surface area contributed by atoms with Gasteiger partial charge in [0.1, 0.15) is 18.0 Å². The maximum atomic E-state index is 14.9. The highest BCUT2D eigenvalue weighted by molar-refractivity contribution is 6.76. The number of ketones is 1. The first kappa shape index (κ1) is 27.4. The van der Waals surface area contributed by atoms with E-state index in [4.69, 9.17) is 18.9 Å². The van der Waals surface area contributed by atoms with Crippen molar-refractivity contribution in [1.29, 1.82) is 0 Å². The first-order chi connectivity index (χ1) is 17.5. The minimum atomic E-state index is -1.32. The number of hydrogen-bond donors (Lipinski definition) is 1. The van der Waals surface area contributed by atoms with Crippen molar-refractivity contribution in [2.24, 2.45) is 5.92 Å². The molecule has 1 N–H and O–H groups in total. The van der Waals surface area contributed by atoms with Gasteiger partial charge in [0.05, 0.1) is 45.2 Å². The maximum Gasteiger partial charge on any atom is 0.308 e. The van der Waals surface area contributed by atoms with E-state index in [0.29, 0.717) is 25.3 Å². The standard InChI is InChI=1S/C25H35FN4O6Si/c1-33-22-9-18(19(26)12-27-22)21-10-20(29-30(21)15-35-6-7-37(3,4)5)23(31)25-11-16(24(32)34-2)8-17(28-25)13-36-14-25/h9-10,12,16-17,28H,6-8,11,13-15H2,1-5H3. The summed E-state index contributed by atoms with van der Waals surface area (Å²) in [5.41, 5.74) is -0.462. The van der Waals surface area contributed by atoms with Gasteiger partial charge in [-0.1, -0.05) is 19.6 Å². The topological polar surface area (TPSA) is 114 Å². The number of morpholine rings is 1. The molecule has 2 aromatic rings. The van der Waals surface area contributed by atoms with Gasteiger partial charge in [0.25, 0.3) is 0 Å². The molecule has 202 valence electrons. The zero-order valence-corrected chi connectivity index (χ0v) is 23.0. The van der Waals surface area contributed by atoms with Gasteiger partial charge in [0, 0.05) is 32.4 Å². The van der Waals surface area contributed by atoms with E-state index < -0.39 is 25.3 Å². The van der Waals surface area contributed by atoms with Gasteiger partial charge >= 0.3 is 5.97 Å². The number of methoxy groups -OCH3 is 2. The minimum Gasteiger partial charge on any atom is -0.481 e. The van der Waals surface area contributed by atoms with Crippen molar-refractivity contribution in [2.45, 2.75) is 56.8 Å². The Morgan fingerprint density at radius 3 is 2.78 bits per heavy atom. The average Bonchev–Trinajstić information content (AvgIpc) is 3.28. The van der Waals surface area contributed by atoms with Gasteiger partial charge in [0.15, 0.2) is 5.82 Å². The molecular weight excluding hydrogens is 499 g/mol. The highest BCUT2D eigenvalue weighted by Gasteiger charge is 2.51. The second-order valence-corrected chi connectivity index (χ2v) is 16.5. The zero-order chi connectivity index (χ0) is 26.8. The van der Waals surface area contributed by atoms with E-state index in [-0.39, 0.29) is 54.7 Å². The summed E-state index contributed by atoms with van der Waals surface area (Å²) in [6, 6.07) is 3.80. The van der Waals surface area contributed by atoms with Crippen molar-refractivity contribution in [3.05, 3.63) is 29.8 Å². The molecule has 0 amide bonds. The zero-order valence-electron chi connectivity index (χ0n) is 22.0. The molecule has 2 aliphatic heterocycles. The van der Waals surface area contributed by atoms with Crippen molar-refractivity contribution in [3.63, 3.8) is 0 Å². The molecule has 4 heterocycles. The van der Waals surface area contributed by atoms with Crippen LogP contribution in [0.15, 0.2) is 18.3 Å². The largest absolute Gasteiger partial charge is 0.481 e. The van der Waals surface area contributed by atoms with Gasteiger partial charge in [-0.05, 0) is 25.0 Å². The summed E-state index contributed by atoms with van der Waals surface area (Å²) in [5.74, 6) is -1.46. The Bertz CT molecular complexity index is 1150. The van der Waals surface area contributed by atoms with Gasteiger partial charge in [0.2, 0.25) is 11.7 Å². The molecule has 2 aromatic heterocycles. The molecule has 2 aliphatic rings. The van der Waals surface area contributed by atoms with Gasteiger partial charge in [-0.15, -0.1) is 0 Å². The number of carbonyl (C=O) groups is 2. The lowest BCUT2D eigenvalue weighted by Crippen LogP contribution is -2.68. The Kier molecular flexibility index (Phi) is 8.12. The first-order valence-corrected chi connectivity index (χ1v) is 16.1. The highest BCUT2D eigenvalue weighted by Crippen LogP contribution is 2.35. The fraction of sp³-hybridized carbons (Fsp3) is 0.600. The molecular formula is C25H35FN4O6Si. The number of rotatable bonds is 10. The maximum absolute atomic E-state index is 14.9. The molecule has 12 heteroatoms. The van der Waals surface area contributed by atoms with Crippen LogP contribution in [0.2, 0.25) is 25.7 Å². The van der Waals surface area contributed by atoms with E-state index in [2.05, 4.69) is 35.0 Å². The van der Waals surface area contributed by atoms with E-state index in [1.54, 1.807) is 6.07 Å². The van der Waals surface area contributed by atoms with Crippen LogP contribution in [0.5, 0.6) is 5.88 Å². The SMILES string of the molecule is COC(=O)C1CC2COCC(C(=O)c3cc(-c4cc(OC)ncc4F)n(COCC[Si](C)(C)C)n3)(C1)N2. The summed E-state index contributed by atoms with van der Waals surface area (Å²) in [6.45, 7) is 7.83. The Labute approximate surface area is 216 Å². The van der Waals surface area contributed by atoms with Crippen LogP contribution in [-0.4, -0.2) is 80.2 Å². The van der Waals surface area contributed by atoms with E-state index in [0.717, 1.165) is 12.2 Å². The van der Waals surface area contributed by atoms with E-state index in [1.165, 1.54) is 25.0 Å².